The first kappa shape index (κ1) is 22.9. The third-order valence-electron chi connectivity index (χ3n) is 5.29. The lowest BCUT2D eigenvalue weighted by Gasteiger charge is -2.18. The normalized spacial score (nSPS) is 12.4. The zero-order valence-electron chi connectivity index (χ0n) is 19.0. The van der Waals surface area contributed by atoms with Gasteiger partial charge in [0.15, 0.2) is 12.2 Å². The number of para-hydroxylation sites is 2. The highest BCUT2D eigenvalue weighted by Gasteiger charge is 2.18. The van der Waals surface area contributed by atoms with Crippen LogP contribution >= 0.6 is 0 Å². The van der Waals surface area contributed by atoms with E-state index >= 15 is 0 Å². The number of hydrogen-bond acceptors (Lipinski definition) is 4. The van der Waals surface area contributed by atoms with Crippen LogP contribution in [0.1, 0.15) is 13.8 Å². The van der Waals surface area contributed by atoms with Gasteiger partial charge in [0.25, 0.3) is 11.8 Å². The number of carbonyl (C=O) groups excluding carboxylic acids is 2. The van der Waals surface area contributed by atoms with Crippen LogP contribution in [-0.2, 0) is 9.59 Å². The number of hydrogen-bond donors (Lipinski definition) is 2. The van der Waals surface area contributed by atoms with Gasteiger partial charge in [-0.3, -0.25) is 9.59 Å². The molecule has 6 nitrogen and oxygen atoms in total. The summed E-state index contributed by atoms with van der Waals surface area (Å²) in [6.45, 7) is 3.40. The van der Waals surface area contributed by atoms with Crippen molar-refractivity contribution in [3.05, 3.63) is 97.1 Å². The monoisotopic (exact) mass is 454 g/mol. The van der Waals surface area contributed by atoms with E-state index in [1.165, 1.54) is 0 Å². The van der Waals surface area contributed by atoms with Gasteiger partial charge in [0.05, 0.1) is 0 Å². The molecular formula is C28H26N2O4. The molecule has 0 saturated carbocycles. The molecule has 4 aromatic rings. The van der Waals surface area contributed by atoms with Crippen LogP contribution in [0.15, 0.2) is 97.1 Å². The van der Waals surface area contributed by atoms with Gasteiger partial charge >= 0.3 is 0 Å². The number of benzene rings is 4. The summed E-state index contributed by atoms with van der Waals surface area (Å²) < 4.78 is 11.5. The molecule has 0 radical (unpaired) electrons. The summed E-state index contributed by atoms with van der Waals surface area (Å²) >= 11 is 0. The molecule has 172 valence electrons. The Hall–Kier alpha value is -4.32. The molecule has 0 bridgehead atoms. The lowest BCUT2D eigenvalue weighted by molar-refractivity contribution is -0.122. The Balaban J connectivity index is 1.48. The van der Waals surface area contributed by atoms with Gasteiger partial charge in [-0.15, -0.1) is 0 Å². The highest BCUT2D eigenvalue weighted by molar-refractivity contribution is 6.10. The SMILES string of the molecule is CC(Oc1ccccc1)C(=O)Nc1cccc2c(NC(=O)C(C)Oc3ccccc3)cccc12. The molecule has 4 aromatic carbocycles. The zero-order valence-corrected chi connectivity index (χ0v) is 19.0. The van der Waals surface area contributed by atoms with E-state index in [9.17, 15) is 9.59 Å². The number of rotatable bonds is 8. The second-order valence-electron chi connectivity index (χ2n) is 7.83. The minimum Gasteiger partial charge on any atom is -0.481 e. The summed E-state index contributed by atoms with van der Waals surface area (Å²) in [5.74, 6) is 0.714. The summed E-state index contributed by atoms with van der Waals surface area (Å²) in [5.41, 5.74) is 1.27. The molecule has 2 atom stereocenters. The number of amides is 2. The third kappa shape index (κ3) is 5.53. The maximum Gasteiger partial charge on any atom is 0.265 e. The predicted molar refractivity (Wildman–Crippen MR) is 134 cm³/mol. The molecule has 0 saturated heterocycles. The van der Waals surface area contributed by atoms with Gasteiger partial charge in [-0.2, -0.15) is 0 Å². The molecule has 0 aromatic heterocycles. The molecule has 0 aliphatic heterocycles. The quantitative estimate of drug-likeness (QED) is 0.361. The fourth-order valence-corrected chi connectivity index (χ4v) is 3.51. The van der Waals surface area contributed by atoms with Crippen LogP contribution in [-0.4, -0.2) is 24.0 Å². The van der Waals surface area contributed by atoms with Gasteiger partial charge in [-0.25, -0.2) is 0 Å². The van der Waals surface area contributed by atoms with Crippen LogP contribution in [0.4, 0.5) is 11.4 Å². The largest absolute Gasteiger partial charge is 0.481 e. The average molecular weight is 455 g/mol. The molecule has 6 heteroatoms. The highest BCUT2D eigenvalue weighted by Crippen LogP contribution is 2.30. The van der Waals surface area contributed by atoms with Crippen molar-refractivity contribution in [2.24, 2.45) is 0 Å². The topological polar surface area (TPSA) is 76.7 Å². The summed E-state index contributed by atoms with van der Waals surface area (Å²) in [5, 5.41) is 7.49. The number of anilines is 2. The lowest BCUT2D eigenvalue weighted by Crippen LogP contribution is -2.30. The van der Waals surface area contributed by atoms with Crippen molar-refractivity contribution in [3.63, 3.8) is 0 Å². The van der Waals surface area contributed by atoms with Crippen LogP contribution in [0.2, 0.25) is 0 Å². The second kappa shape index (κ2) is 10.5. The molecule has 4 rings (SSSR count). The Kier molecular flexibility index (Phi) is 7.08. The van der Waals surface area contributed by atoms with E-state index in [0.29, 0.717) is 22.9 Å². The van der Waals surface area contributed by atoms with E-state index in [2.05, 4.69) is 10.6 Å². The molecule has 2 amide bonds. The van der Waals surface area contributed by atoms with Crippen molar-refractivity contribution in [3.8, 4) is 11.5 Å². The van der Waals surface area contributed by atoms with Gasteiger partial charge in [-0.1, -0.05) is 60.7 Å². The van der Waals surface area contributed by atoms with Gasteiger partial charge < -0.3 is 20.1 Å². The first-order chi connectivity index (χ1) is 16.5. The summed E-state index contributed by atoms with van der Waals surface area (Å²) in [6, 6.07) is 29.5. The Morgan fingerprint density at radius 3 is 1.32 bits per heavy atom. The molecule has 0 aliphatic rings. The van der Waals surface area contributed by atoms with E-state index in [4.69, 9.17) is 9.47 Å². The molecule has 2 unspecified atom stereocenters. The minimum absolute atomic E-state index is 0.268. The minimum atomic E-state index is -0.684. The van der Waals surface area contributed by atoms with E-state index in [-0.39, 0.29) is 11.8 Å². The number of carbonyl (C=O) groups is 2. The van der Waals surface area contributed by atoms with Crippen molar-refractivity contribution < 1.29 is 19.1 Å². The molecule has 0 fully saturated rings. The molecule has 0 spiro atoms. The highest BCUT2D eigenvalue weighted by atomic mass is 16.5. The fourth-order valence-electron chi connectivity index (χ4n) is 3.51. The molecule has 0 heterocycles. The molecule has 34 heavy (non-hydrogen) atoms. The van der Waals surface area contributed by atoms with Gasteiger partial charge in [0.1, 0.15) is 11.5 Å². The van der Waals surface area contributed by atoms with Crippen LogP contribution in [0.3, 0.4) is 0 Å². The van der Waals surface area contributed by atoms with E-state index < -0.39 is 12.2 Å². The van der Waals surface area contributed by atoms with Crippen molar-refractivity contribution >= 4 is 34.0 Å². The van der Waals surface area contributed by atoms with Gasteiger partial charge in [-0.05, 0) is 50.2 Å². The Labute approximate surface area is 198 Å². The maximum atomic E-state index is 12.8. The van der Waals surface area contributed by atoms with Gasteiger partial charge in [0, 0.05) is 22.1 Å². The van der Waals surface area contributed by atoms with Crippen LogP contribution in [0.25, 0.3) is 10.8 Å². The van der Waals surface area contributed by atoms with E-state index in [1.54, 1.807) is 38.1 Å². The van der Waals surface area contributed by atoms with Crippen LogP contribution < -0.4 is 20.1 Å². The number of nitrogens with one attached hydrogen (secondary N) is 2. The molecule has 0 aliphatic carbocycles. The zero-order chi connectivity index (χ0) is 23.9. The first-order valence-corrected chi connectivity index (χ1v) is 11.1. The van der Waals surface area contributed by atoms with Crippen molar-refractivity contribution in [1.82, 2.24) is 0 Å². The van der Waals surface area contributed by atoms with Gasteiger partial charge in [0.2, 0.25) is 0 Å². The van der Waals surface area contributed by atoms with Crippen molar-refractivity contribution in [2.75, 3.05) is 10.6 Å². The van der Waals surface area contributed by atoms with Crippen molar-refractivity contribution in [1.29, 1.82) is 0 Å². The summed E-state index contributed by atoms with van der Waals surface area (Å²) in [4.78, 5) is 25.5. The van der Waals surface area contributed by atoms with Crippen LogP contribution in [0.5, 0.6) is 11.5 Å². The lowest BCUT2D eigenvalue weighted by atomic mass is 10.1. The second-order valence-corrected chi connectivity index (χ2v) is 7.83. The molecule has 2 N–H and O–H groups in total. The van der Waals surface area contributed by atoms with Crippen molar-refractivity contribution in [2.45, 2.75) is 26.1 Å². The third-order valence-corrected chi connectivity index (χ3v) is 5.29. The standard InChI is InChI=1S/C28H26N2O4/c1-19(33-21-11-5-3-6-12-21)27(31)29-25-17-9-16-24-23(25)15-10-18-26(24)30-28(32)20(2)34-22-13-7-4-8-14-22/h3-20H,1-2H3,(H,29,31)(H,30,32). The van der Waals surface area contributed by atoms with E-state index in [0.717, 1.165) is 10.8 Å². The maximum absolute atomic E-state index is 12.8. The van der Waals surface area contributed by atoms with E-state index in [1.807, 2.05) is 72.8 Å². The Morgan fingerprint density at radius 2 is 0.941 bits per heavy atom. The smallest absolute Gasteiger partial charge is 0.265 e. The Bertz CT molecular complexity index is 1170. The predicted octanol–water partition coefficient (Wildman–Crippen LogP) is 5.65. The Morgan fingerprint density at radius 1 is 0.559 bits per heavy atom. The summed E-state index contributed by atoms with van der Waals surface area (Å²) in [6.07, 6.45) is -1.37. The fraction of sp³-hybridized carbons (Fsp3) is 0.143. The van der Waals surface area contributed by atoms with Crippen LogP contribution in [0, 0.1) is 0 Å². The summed E-state index contributed by atoms with van der Waals surface area (Å²) in [7, 11) is 0. The number of fused-ring (bicyclic) bond motifs is 1. The first-order valence-electron chi connectivity index (χ1n) is 11.1. The molecular weight excluding hydrogens is 428 g/mol. The number of ether oxygens (including phenoxy) is 2. The average Bonchev–Trinajstić information content (AvgIpc) is 2.85.